The molecule has 8 heteroatoms. The van der Waals surface area contributed by atoms with Crippen molar-refractivity contribution in [3.8, 4) is 0 Å². The molecule has 0 saturated heterocycles. The van der Waals surface area contributed by atoms with E-state index in [0.29, 0.717) is 0 Å². The van der Waals surface area contributed by atoms with Crippen LogP contribution in [0, 0.1) is 23.3 Å². The third-order valence-corrected chi connectivity index (χ3v) is 4.60. The quantitative estimate of drug-likeness (QED) is 0.545. The van der Waals surface area contributed by atoms with Gasteiger partial charge in [0.15, 0.2) is 23.3 Å². The molecule has 0 aliphatic rings. The molecule has 0 saturated carbocycles. The van der Waals surface area contributed by atoms with Gasteiger partial charge in [0.2, 0.25) is 0 Å². The Balaban J connectivity index is 2.54. The second-order valence-electron chi connectivity index (χ2n) is 4.57. The van der Waals surface area contributed by atoms with Gasteiger partial charge < -0.3 is 11.5 Å². The first-order chi connectivity index (χ1) is 10.3. The Bertz CT molecular complexity index is 663. The van der Waals surface area contributed by atoms with Crippen LogP contribution in [0.3, 0.4) is 0 Å². The van der Waals surface area contributed by atoms with E-state index in [-0.39, 0.29) is 20.1 Å². The lowest BCUT2D eigenvalue weighted by atomic mass is 9.94. The third kappa shape index (κ3) is 3.05. The number of halogens is 6. The maximum atomic E-state index is 13.9. The molecule has 0 radical (unpaired) electrons. The Labute approximate surface area is 140 Å². The van der Waals surface area contributed by atoms with Gasteiger partial charge in [-0.1, -0.05) is 31.9 Å². The fourth-order valence-corrected chi connectivity index (χ4v) is 3.20. The molecule has 2 aromatic carbocycles. The first kappa shape index (κ1) is 17.4. The van der Waals surface area contributed by atoms with Crippen molar-refractivity contribution in [1.82, 2.24) is 0 Å². The Morgan fingerprint density at radius 3 is 1.32 bits per heavy atom. The number of hydrogen-bond donors (Lipinski definition) is 2. The summed E-state index contributed by atoms with van der Waals surface area (Å²) < 4.78 is 55.0. The van der Waals surface area contributed by atoms with Crippen molar-refractivity contribution in [3.05, 3.63) is 67.6 Å². The number of benzene rings is 2. The smallest absolute Gasteiger partial charge is 0.164 e. The lowest BCUT2D eigenvalue weighted by molar-refractivity contribution is 0.448. The summed E-state index contributed by atoms with van der Waals surface area (Å²) >= 11 is 6.10. The molecule has 118 valence electrons. The molecule has 2 rings (SSSR count). The maximum Gasteiger partial charge on any atom is 0.164 e. The van der Waals surface area contributed by atoms with E-state index in [1.165, 1.54) is 12.1 Å². The summed E-state index contributed by atoms with van der Waals surface area (Å²) in [6.45, 7) is 0. The van der Waals surface area contributed by atoms with Gasteiger partial charge in [0, 0.05) is 20.1 Å². The third-order valence-electron chi connectivity index (χ3n) is 3.21. The average Bonchev–Trinajstić information content (AvgIpc) is 2.47. The van der Waals surface area contributed by atoms with Crippen LogP contribution in [0.4, 0.5) is 17.6 Å². The van der Waals surface area contributed by atoms with Crippen LogP contribution in [0.5, 0.6) is 0 Å². The van der Waals surface area contributed by atoms with Gasteiger partial charge in [0.1, 0.15) is 0 Å². The summed E-state index contributed by atoms with van der Waals surface area (Å²) in [4.78, 5) is 0. The molecule has 0 spiro atoms. The largest absolute Gasteiger partial charge is 0.322 e. The molecule has 0 aliphatic carbocycles. The minimum absolute atomic E-state index is 0.183. The number of hydrogen-bond acceptors (Lipinski definition) is 2. The second kappa shape index (κ2) is 6.66. The minimum atomic E-state index is -1.29. The fourth-order valence-electron chi connectivity index (χ4n) is 2.06. The highest BCUT2D eigenvalue weighted by molar-refractivity contribution is 9.10. The van der Waals surface area contributed by atoms with E-state index in [9.17, 15) is 17.6 Å². The van der Waals surface area contributed by atoms with E-state index in [4.69, 9.17) is 11.5 Å². The van der Waals surface area contributed by atoms with Gasteiger partial charge in [-0.25, -0.2) is 17.6 Å². The molecule has 0 amide bonds. The lowest BCUT2D eigenvalue weighted by Crippen LogP contribution is -2.29. The SMILES string of the molecule is NC(c1c(Br)ccc(F)c1F)C(N)c1c(Br)ccc(F)c1F. The van der Waals surface area contributed by atoms with Gasteiger partial charge in [-0.2, -0.15) is 0 Å². The zero-order chi connectivity index (χ0) is 16.6. The molecule has 2 atom stereocenters. The Morgan fingerprint density at radius 2 is 1.00 bits per heavy atom. The zero-order valence-corrected chi connectivity index (χ0v) is 14.1. The van der Waals surface area contributed by atoms with E-state index in [1.54, 1.807) is 0 Å². The van der Waals surface area contributed by atoms with Crippen molar-refractivity contribution in [3.63, 3.8) is 0 Å². The van der Waals surface area contributed by atoms with E-state index >= 15 is 0 Å². The molecule has 0 aromatic heterocycles. The standard InChI is InChI=1S/C14H10Br2F4N2/c15-5-1-3-7(17)11(19)9(5)13(21)14(22)10-6(16)2-4-8(18)12(10)20/h1-4,13-14H,21-22H2. The van der Waals surface area contributed by atoms with Crippen molar-refractivity contribution in [2.24, 2.45) is 11.5 Å². The molecule has 0 heterocycles. The molecule has 2 nitrogen and oxygen atoms in total. The topological polar surface area (TPSA) is 52.0 Å². The molecule has 22 heavy (non-hydrogen) atoms. The Hall–Kier alpha value is -0.960. The molecule has 4 N–H and O–H groups in total. The predicted molar refractivity (Wildman–Crippen MR) is 82.0 cm³/mol. The highest BCUT2D eigenvalue weighted by Gasteiger charge is 2.29. The maximum absolute atomic E-state index is 13.9. The molecule has 0 bridgehead atoms. The molecular formula is C14H10Br2F4N2. The highest BCUT2D eigenvalue weighted by atomic mass is 79.9. The summed E-state index contributed by atoms with van der Waals surface area (Å²) in [5.41, 5.74) is 11.2. The van der Waals surface area contributed by atoms with Crippen LogP contribution in [0.1, 0.15) is 23.2 Å². The highest BCUT2D eigenvalue weighted by Crippen LogP contribution is 2.36. The minimum Gasteiger partial charge on any atom is -0.322 e. The Morgan fingerprint density at radius 1 is 0.682 bits per heavy atom. The van der Waals surface area contributed by atoms with Crippen LogP contribution in [-0.2, 0) is 0 Å². The zero-order valence-electron chi connectivity index (χ0n) is 10.9. The van der Waals surface area contributed by atoms with Gasteiger partial charge in [-0.05, 0) is 24.3 Å². The summed E-state index contributed by atoms with van der Waals surface area (Å²) in [7, 11) is 0. The van der Waals surface area contributed by atoms with Crippen molar-refractivity contribution in [2.75, 3.05) is 0 Å². The van der Waals surface area contributed by atoms with Crippen LogP contribution >= 0.6 is 31.9 Å². The predicted octanol–water partition coefficient (Wildman–Crippen LogP) is 4.47. The molecule has 0 aliphatic heterocycles. The van der Waals surface area contributed by atoms with Crippen LogP contribution in [0.2, 0.25) is 0 Å². The lowest BCUT2D eigenvalue weighted by Gasteiger charge is -2.24. The van der Waals surface area contributed by atoms with Crippen LogP contribution < -0.4 is 11.5 Å². The van der Waals surface area contributed by atoms with E-state index in [1.807, 2.05) is 0 Å². The van der Waals surface area contributed by atoms with Gasteiger partial charge in [-0.15, -0.1) is 0 Å². The molecule has 0 fully saturated rings. The molecular weight excluding hydrogens is 432 g/mol. The first-order valence-electron chi connectivity index (χ1n) is 6.03. The van der Waals surface area contributed by atoms with E-state index in [0.717, 1.165) is 12.1 Å². The Kier molecular flexibility index (Phi) is 5.26. The van der Waals surface area contributed by atoms with Crippen molar-refractivity contribution in [1.29, 1.82) is 0 Å². The summed E-state index contributed by atoms with van der Waals surface area (Å²) in [5, 5.41) is 0. The summed E-state index contributed by atoms with van der Waals surface area (Å²) in [5.74, 6) is -4.60. The average molecular weight is 442 g/mol. The second-order valence-corrected chi connectivity index (χ2v) is 6.27. The first-order valence-corrected chi connectivity index (χ1v) is 7.62. The number of rotatable bonds is 3. The van der Waals surface area contributed by atoms with Crippen LogP contribution in [0.15, 0.2) is 33.2 Å². The van der Waals surface area contributed by atoms with Gasteiger partial charge in [0.05, 0.1) is 12.1 Å². The van der Waals surface area contributed by atoms with Crippen molar-refractivity contribution >= 4 is 31.9 Å². The van der Waals surface area contributed by atoms with Gasteiger partial charge >= 0.3 is 0 Å². The van der Waals surface area contributed by atoms with E-state index < -0.39 is 35.4 Å². The summed E-state index contributed by atoms with van der Waals surface area (Å²) in [6.07, 6.45) is 0. The molecule has 2 unspecified atom stereocenters. The monoisotopic (exact) mass is 440 g/mol. The van der Waals surface area contributed by atoms with Crippen LogP contribution in [0.25, 0.3) is 0 Å². The summed E-state index contributed by atoms with van der Waals surface area (Å²) in [6, 6.07) is 1.77. The molecule has 2 aromatic rings. The van der Waals surface area contributed by atoms with E-state index in [2.05, 4.69) is 31.9 Å². The van der Waals surface area contributed by atoms with Gasteiger partial charge in [0.25, 0.3) is 0 Å². The normalized spacial score (nSPS) is 14.0. The number of nitrogens with two attached hydrogens (primary N) is 2. The van der Waals surface area contributed by atoms with Crippen LogP contribution in [-0.4, -0.2) is 0 Å². The fraction of sp³-hybridized carbons (Fsp3) is 0.143. The van der Waals surface area contributed by atoms with Crippen molar-refractivity contribution < 1.29 is 17.6 Å². The van der Waals surface area contributed by atoms with Gasteiger partial charge in [-0.3, -0.25) is 0 Å². The van der Waals surface area contributed by atoms with Crippen molar-refractivity contribution in [2.45, 2.75) is 12.1 Å².